The number of allylic oxidation sites excluding steroid dienone is 2. The largest absolute Gasteiger partial charge is 0.454 e. The molecule has 0 fully saturated rings. The molecule has 0 radical (unpaired) electrons. The van der Waals surface area contributed by atoms with Gasteiger partial charge in [-0.1, -0.05) is 40.2 Å². The van der Waals surface area contributed by atoms with E-state index in [0.717, 1.165) is 39.2 Å². The van der Waals surface area contributed by atoms with Crippen molar-refractivity contribution in [1.82, 2.24) is 21.3 Å². The number of anilines is 1. The van der Waals surface area contributed by atoms with Crippen LogP contribution in [0.4, 0.5) is 5.69 Å². The van der Waals surface area contributed by atoms with E-state index >= 15 is 0 Å². The van der Waals surface area contributed by atoms with E-state index < -0.39 is 11.8 Å². The van der Waals surface area contributed by atoms with E-state index in [4.69, 9.17) is 9.47 Å². The molecule has 11 nitrogen and oxygen atoms in total. The number of carbonyl (C=O) groups excluding carboxylic acids is 4. The lowest BCUT2D eigenvalue weighted by molar-refractivity contribution is -0.128. The van der Waals surface area contributed by atoms with E-state index in [-0.39, 0.29) is 56.0 Å². The minimum Gasteiger partial charge on any atom is -0.454 e. The maximum Gasteiger partial charge on any atom is 0.239 e. The Kier molecular flexibility index (Phi) is 9.58. The van der Waals surface area contributed by atoms with E-state index in [2.05, 4.69) is 91.6 Å². The van der Waals surface area contributed by atoms with Gasteiger partial charge in [0.05, 0.1) is 31.4 Å². The molecular formula is C29H32BrN5O6S. The Labute approximate surface area is 257 Å². The van der Waals surface area contributed by atoms with Crippen molar-refractivity contribution >= 4 is 57.9 Å². The van der Waals surface area contributed by atoms with Crippen molar-refractivity contribution in [3.8, 4) is 11.5 Å². The van der Waals surface area contributed by atoms with E-state index in [1.807, 2.05) is 6.07 Å². The summed E-state index contributed by atoms with van der Waals surface area (Å²) >= 11 is 7.53. The van der Waals surface area contributed by atoms with Crippen LogP contribution in [0.15, 0.2) is 47.0 Å². The standard InChI is InChI=1S/C29H32BrN5O6S/c30-21-10-24-23(40-15-41-24)9-20(21)29-18-3-1-2-17(18)19-8-16(4-5-22(19)35-29)6-7-31-25(36)11-32-26(37)12-33-27(38)13-34-28(39)14-42/h1-2,4-5,8-10,17-18,29,35,42H,3,6-7,11-15H2,(H,31,36)(H,32,37)(H,33,38)(H,34,39). The minimum atomic E-state index is -0.513. The Balaban J connectivity index is 1.10. The first-order valence-corrected chi connectivity index (χ1v) is 15.1. The van der Waals surface area contributed by atoms with Crippen molar-refractivity contribution in [3.63, 3.8) is 0 Å². The highest BCUT2D eigenvalue weighted by Crippen LogP contribution is 2.52. The molecule has 222 valence electrons. The van der Waals surface area contributed by atoms with Gasteiger partial charge < -0.3 is 36.1 Å². The number of rotatable bonds is 11. The highest BCUT2D eigenvalue weighted by atomic mass is 79.9. The third-order valence-corrected chi connectivity index (χ3v) is 8.45. The summed E-state index contributed by atoms with van der Waals surface area (Å²) in [6, 6.07) is 10.5. The third kappa shape index (κ3) is 7.01. The first kappa shape index (κ1) is 29.8. The molecule has 2 heterocycles. The van der Waals surface area contributed by atoms with Crippen LogP contribution in [0.25, 0.3) is 0 Å². The molecule has 0 saturated heterocycles. The van der Waals surface area contributed by atoms with Crippen LogP contribution in [0, 0.1) is 5.92 Å². The van der Waals surface area contributed by atoms with Crippen molar-refractivity contribution in [2.45, 2.75) is 24.8 Å². The second-order valence-electron chi connectivity index (χ2n) is 10.2. The summed E-state index contributed by atoms with van der Waals surface area (Å²) in [6.07, 6.45) is 6.13. The SMILES string of the molecule is O=C(CS)NCC(=O)NCC(=O)NCC(=O)NCCc1ccc2c(c1)C1C=CCC1C(c1cc3c(cc1Br)OCO3)N2. The van der Waals surface area contributed by atoms with E-state index in [1.54, 1.807) is 0 Å². The van der Waals surface area contributed by atoms with Gasteiger partial charge in [-0.25, -0.2) is 0 Å². The van der Waals surface area contributed by atoms with Crippen LogP contribution in [0.3, 0.4) is 0 Å². The first-order chi connectivity index (χ1) is 20.3. The highest BCUT2D eigenvalue weighted by Gasteiger charge is 2.39. The summed E-state index contributed by atoms with van der Waals surface area (Å²) in [7, 11) is 0. The molecule has 13 heteroatoms. The van der Waals surface area contributed by atoms with Crippen LogP contribution >= 0.6 is 28.6 Å². The molecule has 2 aromatic rings. The normalized spacial score (nSPS) is 19.2. The van der Waals surface area contributed by atoms with Gasteiger partial charge in [-0.05, 0) is 53.6 Å². The van der Waals surface area contributed by atoms with Gasteiger partial charge in [0.25, 0.3) is 0 Å². The zero-order valence-electron chi connectivity index (χ0n) is 22.7. The molecule has 0 aromatic heterocycles. The van der Waals surface area contributed by atoms with Crippen LogP contribution in [-0.4, -0.2) is 62.4 Å². The van der Waals surface area contributed by atoms with Crippen LogP contribution in [-0.2, 0) is 25.6 Å². The van der Waals surface area contributed by atoms with E-state index in [0.29, 0.717) is 18.9 Å². The van der Waals surface area contributed by atoms with Gasteiger partial charge in [0, 0.05) is 22.6 Å². The predicted molar refractivity (Wildman–Crippen MR) is 163 cm³/mol. The van der Waals surface area contributed by atoms with Crippen LogP contribution < -0.4 is 36.1 Å². The Morgan fingerprint density at radius 3 is 2.26 bits per heavy atom. The lowest BCUT2D eigenvalue weighted by Gasteiger charge is -2.38. The van der Waals surface area contributed by atoms with Crippen molar-refractivity contribution in [1.29, 1.82) is 0 Å². The summed E-state index contributed by atoms with van der Waals surface area (Å²) in [5.74, 6) is 0.363. The second kappa shape index (κ2) is 13.5. The number of hydrogen-bond donors (Lipinski definition) is 6. The topological polar surface area (TPSA) is 147 Å². The first-order valence-electron chi connectivity index (χ1n) is 13.6. The average molecular weight is 659 g/mol. The molecule has 2 aliphatic heterocycles. The number of ether oxygens (including phenoxy) is 2. The van der Waals surface area contributed by atoms with Gasteiger partial charge in [0.2, 0.25) is 30.4 Å². The fourth-order valence-electron chi connectivity index (χ4n) is 5.40. The molecule has 3 aliphatic rings. The summed E-state index contributed by atoms with van der Waals surface area (Å²) in [5.41, 5.74) is 4.58. The molecule has 4 amide bonds. The number of halogens is 1. The molecule has 1 aliphatic carbocycles. The van der Waals surface area contributed by atoms with Gasteiger partial charge in [0.1, 0.15) is 0 Å². The average Bonchev–Trinajstić information content (AvgIpc) is 3.67. The molecule has 0 spiro atoms. The number of nitrogens with one attached hydrogen (secondary N) is 5. The molecule has 2 aromatic carbocycles. The molecule has 0 bridgehead atoms. The lowest BCUT2D eigenvalue weighted by atomic mass is 9.76. The predicted octanol–water partition coefficient (Wildman–Crippen LogP) is 1.94. The quantitative estimate of drug-likeness (QED) is 0.160. The number of benzene rings is 2. The van der Waals surface area contributed by atoms with Crippen molar-refractivity contribution in [3.05, 3.63) is 63.6 Å². The number of fused-ring (bicyclic) bond motifs is 4. The Hall–Kier alpha value is -3.71. The summed E-state index contributed by atoms with van der Waals surface area (Å²) in [5, 5.41) is 13.8. The molecule has 0 saturated carbocycles. The molecule has 5 rings (SSSR count). The maximum atomic E-state index is 12.2. The van der Waals surface area contributed by atoms with Crippen LogP contribution in [0.5, 0.6) is 11.5 Å². The summed E-state index contributed by atoms with van der Waals surface area (Å²) in [4.78, 5) is 46.9. The molecular weight excluding hydrogens is 626 g/mol. The van der Waals surface area contributed by atoms with Gasteiger partial charge in [-0.15, -0.1) is 0 Å². The fraction of sp³-hybridized carbons (Fsp3) is 0.379. The second-order valence-corrected chi connectivity index (χ2v) is 11.4. The third-order valence-electron chi connectivity index (χ3n) is 7.47. The zero-order valence-corrected chi connectivity index (χ0v) is 25.2. The molecule has 3 unspecified atom stereocenters. The lowest BCUT2D eigenvalue weighted by Crippen LogP contribution is -2.44. The molecule has 5 N–H and O–H groups in total. The number of thiol groups is 1. The van der Waals surface area contributed by atoms with Gasteiger partial charge in [-0.3, -0.25) is 19.2 Å². The number of amides is 4. The minimum absolute atomic E-state index is 0.0349. The fourth-order valence-corrected chi connectivity index (χ4v) is 6.09. The highest BCUT2D eigenvalue weighted by molar-refractivity contribution is 9.10. The summed E-state index contributed by atoms with van der Waals surface area (Å²) < 4.78 is 12.1. The Morgan fingerprint density at radius 2 is 1.55 bits per heavy atom. The van der Waals surface area contributed by atoms with Crippen LogP contribution in [0.1, 0.15) is 35.1 Å². The summed E-state index contributed by atoms with van der Waals surface area (Å²) in [6.45, 7) is -0.0989. The van der Waals surface area contributed by atoms with E-state index in [1.165, 1.54) is 5.56 Å². The van der Waals surface area contributed by atoms with Crippen molar-refractivity contribution in [2.24, 2.45) is 5.92 Å². The number of carbonyl (C=O) groups is 4. The zero-order chi connectivity index (χ0) is 29.6. The molecule has 3 atom stereocenters. The van der Waals surface area contributed by atoms with Gasteiger partial charge >= 0.3 is 0 Å². The van der Waals surface area contributed by atoms with Gasteiger partial charge in [0.15, 0.2) is 11.5 Å². The van der Waals surface area contributed by atoms with E-state index in [9.17, 15) is 19.2 Å². The number of hydrogen-bond acceptors (Lipinski definition) is 8. The smallest absolute Gasteiger partial charge is 0.239 e. The Bertz CT molecular complexity index is 1420. The van der Waals surface area contributed by atoms with Crippen molar-refractivity contribution in [2.75, 3.05) is 44.0 Å². The Morgan fingerprint density at radius 1 is 0.881 bits per heavy atom. The maximum absolute atomic E-state index is 12.2. The molecule has 42 heavy (non-hydrogen) atoms. The van der Waals surface area contributed by atoms with Crippen LogP contribution in [0.2, 0.25) is 0 Å². The van der Waals surface area contributed by atoms with Gasteiger partial charge in [-0.2, -0.15) is 12.6 Å². The monoisotopic (exact) mass is 657 g/mol. The van der Waals surface area contributed by atoms with Crippen molar-refractivity contribution < 1.29 is 28.7 Å².